The van der Waals surface area contributed by atoms with Gasteiger partial charge in [0, 0.05) is 18.0 Å². The minimum Gasteiger partial charge on any atom is -0.479 e. The van der Waals surface area contributed by atoms with Crippen LogP contribution in [-0.2, 0) is 0 Å². The number of H-pyrrole nitrogens is 1. The van der Waals surface area contributed by atoms with Gasteiger partial charge in [0.15, 0.2) is 0 Å². The van der Waals surface area contributed by atoms with Crippen LogP contribution in [0.3, 0.4) is 0 Å². The van der Waals surface area contributed by atoms with Crippen molar-refractivity contribution in [2.45, 2.75) is 6.92 Å². The topological polar surface area (TPSA) is 55.0 Å². The summed E-state index contributed by atoms with van der Waals surface area (Å²) in [6.45, 7) is 2.34. The lowest BCUT2D eigenvalue weighted by molar-refractivity contribution is 0.328. The van der Waals surface area contributed by atoms with Crippen molar-refractivity contribution in [3.8, 4) is 28.3 Å². The van der Waals surface area contributed by atoms with Gasteiger partial charge in [0.2, 0.25) is 11.3 Å². The Labute approximate surface area is 142 Å². The summed E-state index contributed by atoms with van der Waals surface area (Å²) in [6, 6.07) is 13.3. The van der Waals surface area contributed by atoms with Gasteiger partial charge in [0.1, 0.15) is 0 Å². The summed E-state index contributed by atoms with van der Waals surface area (Å²) < 4.78 is 6.16. The van der Waals surface area contributed by atoms with Crippen LogP contribution in [0.1, 0.15) is 6.92 Å². The molecule has 0 unspecified atom stereocenters. The fraction of sp³-hybridized carbons (Fsp3) is 0.111. The zero-order chi connectivity index (χ0) is 16.2. The van der Waals surface area contributed by atoms with Crippen molar-refractivity contribution in [3.63, 3.8) is 0 Å². The van der Waals surface area contributed by atoms with Crippen LogP contribution in [0.2, 0.25) is 0 Å². The van der Waals surface area contributed by atoms with Gasteiger partial charge in [-0.25, -0.2) is 0 Å². The zero-order valence-corrected chi connectivity index (χ0v) is 14.1. The van der Waals surface area contributed by atoms with Crippen molar-refractivity contribution in [2.24, 2.45) is 0 Å². The van der Waals surface area contributed by atoms with Crippen molar-refractivity contribution < 1.29 is 4.74 Å². The summed E-state index contributed by atoms with van der Waals surface area (Å²) in [5, 5.41) is 0. The zero-order valence-electron chi connectivity index (χ0n) is 12.5. The molecule has 0 aliphatic rings. The number of ether oxygens (including phenoxy) is 1. The fourth-order valence-corrected chi connectivity index (χ4v) is 2.91. The maximum Gasteiger partial charge on any atom is 0.208 e. The molecule has 116 valence electrons. The van der Waals surface area contributed by atoms with E-state index >= 15 is 0 Å². The highest BCUT2D eigenvalue weighted by atomic mass is 79.9. The van der Waals surface area contributed by atoms with Gasteiger partial charge in [-0.15, -0.1) is 0 Å². The van der Waals surface area contributed by atoms with E-state index in [4.69, 9.17) is 4.74 Å². The van der Waals surface area contributed by atoms with Gasteiger partial charge in [-0.3, -0.25) is 9.78 Å². The maximum absolute atomic E-state index is 12.9. The van der Waals surface area contributed by atoms with Crippen molar-refractivity contribution in [1.82, 2.24) is 9.97 Å². The summed E-state index contributed by atoms with van der Waals surface area (Å²) >= 11 is 3.43. The molecule has 2 heterocycles. The van der Waals surface area contributed by atoms with Crippen LogP contribution in [0, 0.1) is 0 Å². The van der Waals surface area contributed by atoms with E-state index in [0.29, 0.717) is 28.2 Å². The smallest absolute Gasteiger partial charge is 0.208 e. The van der Waals surface area contributed by atoms with Crippen molar-refractivity contribution in [2.75, 3.05) is 6.61 Å². The third-order valence-corrected chi connectivity index (χ3v) is 4.17. The van der Waals surface area contributed by atoms with Gasteiger partial charge in [-0.1, -0.05) is 36.4 Å². The van der Waals surface area contributed by atoms with E-state index in [2.05, 4.69) is 25.9 Å². The molecule has 5 heteroatoms. The van der Waals surface area contributed by atoms with Gasteiger partial charge >= 0.3 is 0 Å². The second-order valence-electron chi connectivity index (χ2n) is 4.89. The standard InChI is InChI=1S/C18H15BrN2O2/c1-2-23-18-14(13-9-6-10-20-11-13)17(22)15(19)16(21-18)12-7-4-3-5-8-12/h3-11H,2H2,1H3,(H,21,22). The second-order valence-corrected chi connectivity index (χ2v) is 5.68. The highest BCUT2D eigenvalue weighted by Crippen LogP contribution is 2.32. The van der Waals surface area contributed by atoms with Crippen LogP contribution in [-0.4, -0.2) is 16.6 Å². The number of aromatic nitrogens is 2. The van der Waals surface area contributed by atoms with E-state index < -0.39 is 0 Å². The Kier molecular flexibility index (Phi) is 4.57. The molecule has 0 fully saturated rings. The number of hydrogen-bond donors (Lipinski definition) is 1. The van der Waals surface area contributed by atoms with Crippen molar-refractivity contribution in [1.29, 1.82) is 0 Å². The molecular weight excluding hydrogens is 356 g/mol. The molecule has 0 bridgehead atoms. The van der Waals surface area contributed by atoms with E-state index in [1.54, 1.807) is 18.5 Å². The summed E-state index contributed by atoms with van der Waals surface area (Å²) in [5.74, 6) is 0.451. The third kappa shape index (κ3) is 3.05. The molecule has 0 amide bonds. The molecule has 2 aromatic heterocycles. The predicted molar refractivity (Wildman–Crippen MR) is 94.6 cm³/mol. The molecule has 23 heavy (non-hydrogen) atoms. The maximum atomic E-state index is 12.9. The monoisotopic (exact) mass is 370 g/mol. The number of hydrogen-bond acceptors (Lipinski definition) is 3. The molecule has 1 N–H and O–H groups in total. The Morgan fingerprint density at radius 3 is 2.52 bits per heavy atom. The van der Waals surface area contributed by atoms with Crippen LogP contribution in [0.5, 0.6) is 5.88 Å². The molecule has 0 radical (unpaired) electrons. The number of benzene rings is 1. The molecule has 1 aromatic carbocycles. The molecule has 0 aliphatic carbocycles. The van der Waals surface area contributed by atoms with E-state index in [1.807, 2.05) is 43.3 Å². The first-order valence-corrected chi connectivity index (χ1v) is 8.06. The summed E-state index contributed by atoms with van der Waals surface area (Å²) in [5.41, 5.74) is 2.69. The van der Waals surface area contributed by atoms with E-state index in [9.17, 15) is 4.79 Å². The first-order chi connectivity index (χ1) is 11.2. The molecular formula is C18H15BrN2O2. The molecule has 0 saturated heterocycles. The largest absolute Gasteiger partial charge is 0.479 e. The second kappa shape index (κ2) is 6.79. The average molecular weight is 371 g/mol. The molecule has 4 nitrogen and oxygen atoms in total. The van der Waals surface area contributed by atoms with Crippen LogP contribution in [0.15, 0.2) is 64.1 Å². The van der Waals surface area contributed by atoms with Crippen LogP contribution < -0.4 is 10.2 Å². The Morgan fingerprint density at radius 1 is 1.13 bits per heavy atom. The highest BCUT2D eigenvalue weighted by Gasteiger charge is 2.18. The third-order valence-electron chi connectivity index (χ3n) is 3.41. The lowest BCUT2D eigenvalue weighted by atomic mass is 10.1. The number of pyridine rings is 2. The molecule has 0 spiro atoms. The molecule has 3 aromatic rings. The molecule has 0 saturated carbocycles. The highest BCUT2D eigenvalue weighted by molar-refractivity contribution is 9.10. The van der Waals surface area contributed by atoms with E-state index in [0.717, 1.165) is 11.1 Å². The van der Waals surface area contributed by atoms with E-state index in [-0.39, 0.29) is 5.43 Å². The van der Waals surface area contributed by atoms with Crippen LogP contribution in [0.25, 0.3) is 22.4 Å². The van der Waals surface area contributed by atoms with Crippen molar-refractivity contribution >= 4 is 15.9 Å². The molecule has 0 aliphatic heterocycles. The minimum atomic E-state index is -0.126. The van der Waals surface area contributed by atoms with Gasteiger partial charge in [0.05, 0.1) is 22.3 Å². The number of halogens is 1. The lowest BCUT2D eigenvalue weighted by Gasteiger charge is -2.14. The molecule has 0 atom stereocenters. The first kappa shape index (κ1) is 15.5. The Morgan fingerprint density at radius 2 is 1.87 bits per heavy atom. The van der Waals surface area contributed by atoms with Crippen molar-refractivity contribution in [3.05, 3.63) is 69.6 Å². The first-order valence-electron chi connectivity index (χ1n) is 7.26. The number of rotatable bonds is 4. The number of nitrogens with zero attached hydrogens (tertiary/aromatic N) is 1. The predicted octanol–water partition coefficient (Wildman–Crippen LogP) is 4.27. The Bertz CT molecular complexity index is 861. The van der Waals surface area contributed by atoms with Gasteiger partial charge < -0.3 is 9.72 Å². The minimum absolute atomic E-state index is 0.126. The SMILES string of the molecule is CCOc1[nH]c(-c2ccccc2)c(Br)c(=O)c1-c1cccnc1. The normalized spacial score (nSPS) is 10.5. The average Bonchev–Trinajstić information content (AvgIpc) is 2.60. The summed E-state index contributed by atoms with van der Waals surface area (Å²) in [7, 11) is 0. The van der Waals surface area contributed by atoms with Gasteiger partial charge in [-0.2, -0.15) is 0 Å². The summed E-state index contributed by atoms with van der Waals surface area (Å²) in [4.78, 5) is 20.2. The van der Waals surface area contributed by atoms with E-state index in [1.165, 1.54) is 0 Å². The van der Waals surface area contributed by atoms with Gasteiger partial charge in [0.25, 0.3) is 0 Å². The lowest BCUT2D eigenvalue weighted by Crippen LogP contribution is -2.12. The van der Waals surface area contributed by atoms with Crippen LogP contribution >= 0.6 is 15.9 Å². The summed E-state index contributed by atoms with van der Waals surface area (Å²) in [6.07, 6.45) is 3.33. The quantitative estimate of drug-likeness (QED) is 0.746. The fourth-order valence-electron chi connectivity index (χ4n) is 2.39. The van der Waals surface area contributed by atoms with Crippen LogP contribution in [0.4, 0.5) is 0 Å². The Balaban J connectivity index is 2.27. The Hall–Kier alpha value is -2.40. The van der Waals surface area contributed by atoms with Gasteiger partial charge in [-0.05, 0) is 34.5 Å². The number of aromatic amines is 1. The molecule has 3 rings (SSSR count). The number of nitrogens with one attached hydrogen (secondary N) is 1.